The van der Waals surface area contributed by atoms with E-state index in [1.54, 1.807) is 0 Å². The molecule has 0 saturated carbocycles. The molecule has 0 aromatic rings. The third-order valence-corrected chi connectivity index (χ3v) is 1.01. The van der Waals surface area contributed by atoms with E-state index in [0.717, 1.165) is 0 Å². The molecule has 11 heavy (non-hydrogen) atoms. The predicted molar refractivity (Wildman–Crippen MR) is 48.9 cm³/mol. The van der Waals surface area contributed by atoms with Gasteiger partial charge in [0.15, 0.2) is 4.29 Å². The van der Waals surface area contributed by atoms with Crippen molar-refractivity contribution in [2.75, 3.05) is 0 Å². The van der Waals surface area contributed by atoms with Gasteiger partial charge < -0.3 is 0 Å². The minimum absolute atomic E-state index is 0.118. The second kappa shape index (κ2) is 6.80. The van der Waals surface area contributed by atoms with E-state index in [-0.39, 0.29) is 4.29 Å². The van der Waals surface area contributed by atoms with Crippen LogP contribution in [0.3, 0.4) is 0 Å². The zero-order valence-electron chi connectivity index (χ0n) is 5.30. The molecular weight excluding hydrogens is 336 g/mol. The van der Waals surface area contributed by atoms with Crippen LogP contribution >= 0.6 is 55.1 Å². The summed E-state index contributed by atoms with van der Waals surface area (Å²) in [4.78, 5) is 0. The van der Waals surface area contributed by atoms with Crippen molar-refractivity contribution < 1.29 is 13.2 Å². The molecule has 0 aromatic heterocycles. The van der Waals surface area contributed by atoms with Gasteiger partial charge in [-0.05, 0) is 6.92 Å². The summed E-state index contributed by atoms with van der Waals surface area (Å²) in [6.07, 6.45) is -4.32. The fraction of sp³-hybridized carbons (Fsp3) is 1.00. The van der Waals surface area contributed by atoms with Gasteiger partial charge in [-0.1, -0.05) is 31.9 Å². The van der Waals surface area contributed by atoms with Crippen molar-refractivity contribution in [1.82, 2.24) is 0 Å². The third-order valence-electron chi connectivity index (χ3n) is 0.247. The molecule has 7 heteroatoms. The molecule has 70 valence electrons. The average Bonchev–Trinajstić information content (AvgIpc) is 1.59. The highest BCUT2D eigenvalue weighted by Crippen LogP contribution is 2.28. The summed E-state index contributed by atoms with van der Waals surface area (Å²) in [5.74, 6) is 0. The van der Waals surface area contributed by atoms with Crippen LogP contribution in [0.15, 0.2) is 0 Å². The quantitative estimate of drug-likeness (QED) is 0.571. The molecule has 0 fully saturated rings. The van der Waals surface area contributed by atoms with Crippen molar-refractivity contribution in [2.24, 2.45) is 0 Å². The molecule has 0 rings (SSSR count). The van der Waals surface area contributed by atoms with Crippen molar-refractivity contribution >= 4 is 55.1 Å². The topological polar surface area (TPSA) is 0 Å². The highest BCUT2D eigenvalue weighted by molar-refractivity contribution is 9.10. The largest absolute Gasteiger partial charge is 0.414 e. The maximum absolute atomic E-state index is 11.0. The summed E-state index contributed by atoms with van der Waals surface area (Å²) >= 11 is 14.9. The molecule has 2 unspecified atom stereocenters. The molecule has 0 radical (unpaired) electrons. The lowest BCUT2D eigenvalue weighted by Crippen LogP contribution is -2.16. The zero-order chi connectivity index (χ0) is 9.65. The molecule has 0 nitrogen and oxygen atoms in total. The first-order chi connectivity index (χ1) is 4.68. The second-order valence-electron chi connectivity index (χ2n) is 1.36. The molecule has 0 aliphatic rings. The molecule has 0 amide bonds. The Hall–Kier alpha value is 1.33. The lowest BCUT2D eigenvalue weighted by Gasteiger charge is -2.03. The Morgan fingerprint density at radius 2 is 1.27 bits per heavy atom. The van der Waals surface area contributed by atoms with Crippen molar-refractivity contribution in [3.05, 3.63) is 0 Å². The monoisotopic (exact) mass is 338 g/mol. The fourth-order valence-corrected chi connectivity index (χ4v) is 0. The summed E-state index contributed by atoms with van der Waals surface area (Å²) in [5, 5.41) is 0. The van der Waals surface area contributed by atoms with Crippen LogP contribution < -0.4 is 0 Å². The van der Waals surface area contributed by atoms with E-state index in [1.165, 1.54) is 0 Å². The minimum atomic E-state index is -4.32. The van der Waals surface area contributed by atoms with E-state index in [0.29, 0.717) is 0 Å². The molecule has 0 aromatic carbocycles. The number of rotatable bonds is 0. The van der Waals surface area contributed by atoms with E-state index in [4.69, 9.17) is 11.6 Å². The Morgan fingerprint density at radius 3 is 1.27 bits per heavy atom. The number of halogens is 7. The summed E-state index contributed by atoms with van der Waals surface area (Å²) in [7, 11) is 0. The van der Waals surface area contributed by atoms with Crippen molar-refractivity contribution in [3.63, 3.8) is 0 Å². The first-order valence-electron chi connectivity index (χ1n) is 2.31. The Bertz CT molecular complexity index is 91.1. The maximum Gasteiger partial charge on any atom is 0.414 e. The van der Waals surface area contributed by atoms with Crippen molar-refractivity contribution in [1.29, 1.82) is 0 Å². The molecule has 0 aliphatic heterocycles. The van der Waals surface area contributed by atoms with Crippen LogP contribution in [0.2, 0.25) is 0 Å². The van der Waals surface area contributed by atoms with Crippen LogP contribution in [0.5, 0.6) is 0 Å². The standard InChI is InChI=1S/C2HBrClF3.C2H4BrCl/c3-1(4)2(5,6)7;1-2(3)4/h1H;2H,1H3. The summed E-state index contributed by atoms with van der Waals surface area (Å²) in [6.45, 7) is 1.85. The molecule has 0 heterocycles. The van der Waals surface area contributed by atoms with Crippen LogP contribution in [0.25, 0.3) is 0 Å². The Morgan fingerprint density at radius 1 is 1.18 bits per heavy atom. The van der Waals surface area contributed by atoms with Crippen LogP contribution in [-0.4, -0.2) is 14.7 Å². The van der Waals surface area contributed by atoms with Crippen LogP contribution in [0.1, 0.15) is 6.92 Å². The highest BCUT2D eigenvalue weighted by Gasteiger charge is 2.35. The summed E-state index contributed by atoms with van der Waals surface area (Å²) in [6, 6.07) is 0. The molecule has 0 N–H and O–H groups in total. The number of alkyl halides is 7. The van der Waals surface area contributed by atoms with Gasteiger partial charge in [-0.2, -0.15) is 13.2 Å². The molecule has 0 aliphatic carbocycles. The normalized spacial score (nSPS) is 16.4. The van der Waals surface area contributed by atoms with E-state index in [2.05, 4.69) is 43.5 Å². The van der Waals surface area contributed by atoms with Crippen LogP contribution in [0, 0.1) is 0 Å². The Kier molecular flexibility index (Phi) is 9.17. The van der Waals surface area contributed by atoms with Gasteiger partial charge in [-0.3, -0.25) is 0 Å². The highest BCUT2D eigenvalue weighted by atomic mass is 79.9. The number of hydrogen-bond acceptors (Lipinski definition) is 0. The minimum Gasteiger partial charge on any atom is -0.168 e. The van der Waals surface area contributed by atoms with Gasteiger partial charge in [0, 0.05) is 0 Å². The predicted octanol–water partition coefficient (Wildman–Crippen LogP) is 4.47. The lowest BCUT2D eigenvalue weighted by molar-refractivity contribution is -0.112. The maximum atomic E-state index is 11.0. The Balaban J connectivity index is 0. The fourth-order valence-electron chi connectivity index (χ4n) is 0. The van der Waals surface area contributed by atoms with E-state index < -0.39 is 10.5 Å². The van der Waals surface area contributed by atoms with Crippen LogP contribution in [-0.2, 0) is 0 Å². The van der Waals surface area contributed by atoms with Gasteiger partial charge >= 0.3 is 6.18 Å². The van der Waals surface area contributed by atoms with Crippen molar-refractivity contribution in [2.45, 2.75) is 21.7 Å². The SMILES string of the molecule is CC(Cl)Br.FC(F)(F)C(Cl)Br. The van der Waals surface area contributed by atoms with Gasteiger partial charge in [-0.15, -0.1) is 23.2 Å². The van der Waals surface area contributed by atoms with E-state index >= 15 is 0 Å². The van der Waals surface area contributed by atoms with Gasteiger partial charge in [0.25, 0.3) is 0 Å². The lowest BCUT2D eigenvalue weighted by atomic mass is 10.8. The smallest absolute Gasteiger partial charge is 0.168 e. The van der Waals surface area contributed by atoms with Gasteiger partial charge in [0.1, 0.15) is 0 Å². The first kappa shape index (κ1) is 14.8. The summed E-state index contributed by atoms with van der Waals surface area (Å²) < 4.78 is 31.2. The van der Waals surface area contributed by atoms with Gasteiger partial charge in [0.2, 0.25) is 0 Å². The van der Waals surface area contributed by atoms with Gasteiger partial charge in [0.05, 0.1) is 4.29 Å². The van der Waals surface area contributed by atoms with E-state index in [1.807, 2.05) is 6.92 Å². The molecule has 0 saturated heterocycles. The van der Waals surface area contributed by atoms with Crippen molar-refractivity contribution in [3.8, 4) is 0 Å². The Labute approximate surface area is 89.7 Å². The zero-order valence-corrected chi connectivity index (χ0v) is 9.98. The van der Waals surface area contributed by atoms with E-state index in [9.17, 15) is 13.2 Å². The second-order valence-corrected chi connectivity index (χ2v) is 5.80. The molecule has 0 bridgehead atoms. The molecule has 0 spiro atoms. The average molecular weight is 341 g/mol. The number of hydrogen-bond donors (Lipinski definition) is 0. The molecule has 2 atom stereocenters. The first-order valence-corrected chi connectivity index (χ1v) is 5.01. The third kappa shape index (κ3) is 18.4. The van der Waals surface area contributed by atoms with Gasteiger partial charge in [-0.25, -0.2) is 0 Å². The van der Waals surface area contributed by atoms with Crippen LogP contribution in [0.4, 0.5) is 13.2 Å². The molecular formula is C4H5Br2Cl2F3. The summed E-state index contributed by atoms with van der Waals surface area (Å²) in [5.41, 5.74) is 0.